The number of thioether (sulfide) groups is 1. The molecule has 0 aromatic heterocycles. The fourth-order valence-electron chi connectivity index (χ4n) is 4.56. The summed E-state index contributed by atoms with van der Waals surface area (Å²) in [6.45, 7) is 10.2. The molecule has 5 rings (SSSR count). The van der Waals surface area contributed by atoms with Crippen LogP contribution < -0.4 is 9.80 Å². The highest BCUT2D eigenvalue weighted by Crippen LogP contribution is 2.47. The van der Waals surface area contributed by atoms with Crippen molar-refractivity contribution in [3.05, 3.63) is 97.4 Å². The second-order valence-electron chi connectivity index (χ2n) is 9.39. The highest BCUT2D eigenvalue weighted by Gasteiger charge is 2.43. The zero-order chi connectivity index (χ0) is 27.3. The average molecular weight is 527 g/mol. The van der Waals surface area contributed by atoms with E-state index in [9.17, 15) is 19.7 Å². The molecule has 0 N–H and O–H groups in total. The van der Waals surface area contributed by atoms with Crippen LogP contribution in [-0.2, 0) is 9.59 Å². The maximum atomic E-state index is 14.0. The van der Waals surface area contributed by atoms with Gasteiger partial charge in [-0.15, -0.1) is 0 Å². The molecular weight excluding hydrogens is 500 g/mol. The number of nitro benzene ring substituents is 1. The predicted octanol–water partition coefficient (Wildman–Crippen LogP) is 6.37. The first-order valence-electron chi connectivity index (χ1n) is 12.2. The summed E-state index contributed by atoms with van der Waals surface area (Å²) in [6, 6.07) is 15.9. The lowest BCUT2D eigenvalue weighted by molar-refractivity contribution is -0.384. The van der Waals surface area contributed by atoms with Crippen LogP contribution in [0.3, 0.4) is 0 Å². The Labute approximate surface area is 224 Å². The highest BCUT2D eigenvalue weighted by molar-refractivity contribution is 8.19. The summed E-state index contributed by atoms with van der Waals surface area (Å²) in [7, 11) is 0. The summed E-state index contributed by atoms with van der Waals surface area (Å²) in [6.07, 6.45) is 0. The molecule has 38 heavy (non-hydrogen) atoms. The SMILES string of the molecule is CCN1C(=O)/C(=C2/SC(=Nc3ccc(C)c(C)c3)N(c3ccc(C)c(C)c3)C2=O)c2cc([N+](=O)[O-])ccc21. The second kappa shape index (κ2) is 9.57. The number of fused-ring (bicyclic) bond motifs is 1. The van der Waals surface area contributed by atoms with E-state index in [0.717, 1.165) is 34.0 Å². The van der Waals surface area contributed by atoms with Gasteiger partial charge in [0.15, 0.2) is 5.17 Å². The van der Waals surface area contributed by atoms with E-state index in [-0.39, 0.29) is 28.0 Å². The monoisotopic (exact) mass is 526 g/mol. The van der Waals surface area contributed by atoms with Crippen molar-refractivity contribution in [1.29, 1.82) is 0 Å². The second-order valence-corrected chi connectivity index (χ2v) is 10.4. The Morgan fingerprint density at radius 2 is 1.55 bits per heavy atom. The number of anilines is 2. The van der Waals surface area contributed by atoms with E-state index in [1.54, 1.807) is 6.07 Å². The third-order valence-electron chi connectivity index (χ3n) is 7.00. The highest BCUT2D eigenvalue weighted by atomic mass is 32.2. The number of amides is 2. The van der Waals surface area contributed by atoms with E-state index in [0.29, 0.717) is 34.3 Å². The topological polar surface area (TPSA) is 96.1 Å². The molecule has 0 atom stereocenters. The van der Waals surface area contributed by atoms with E-state index in [1.807, 2.05) is 71.0 Å². The minimum atomic E-state index is -0.501. The first-order chi connectivity index (χ1) is 18.1. The smallest absolute Gasteiger partial charge is 0.272 e. The Kier molecular flexibility index (Phi) is 6.40. The lowest BCUT2D eigenvalue weighted by Crippen LogP contribution is -2.30. The minimum absolute atomic E-state index is 0.141. The van der Waals surface area contributed by atoms with Gasteiger partial charge >= 0.3 is 0 Å². The Balaban J connectivity index is 1.73. The maximum Gasteiger partial charge on any atom is 0.272 e. The number of aryl methyl sites for hydroxylation is 4. The van der Waals surface area contributed by atoms with Crippen LogP contribution in [-0.4, -0.2) is 28.5 Å². The summed E-state index contributed by atoms with van der Waals surface area (Å²) in [5.41, 5.74) is 6.60. The lowest BCUT2D eigenvalue weighted by Gasteiger charge is -2.17. The molecule has 0 saturated carbocycles. The summed E-state index contributed by atoms with van der Waals surface area (Å²) < 4.78 is 0. The van der Waals surface area contributed by atoms with Crippen LogP contribution in [0.15, 0.2) is 64.5 Å². The fourth-order valence-corrected chi connectivity index (χ4v) is 5.66. The van der Waals surface area contributed by atoms with Crippen LogP contribution in [0.1, 0.15) is 34.7 Å². The molecule has 9 heteroatoms. The number of rotatable bonds is 4. The molecule has 3 aromatic carbocycles. The zero-order valence-electron chi connectivity index (χ0n) is 21.7. The molecule has 2 heterocycles. The number of hydrogen-bond acceptors (Lipinski definition) is 6. The van der Waals surface area contributed by atoms with Crippen molar-refractivity contribution < 1.29 is 14.5 Å². The van der Waals surface area contributed by atoms with Crippen LogP contribution in [0, 0.1) is 37.8 Å². The number of likely N-dealkylation sites (N-methyl/N-ethyl adjacent to an activating group) is 1. The number of nitro groups is 1. The molecule has 1 saturated heterocycles. The van der Waals surface area contributed by atoms with Gasteiger partial charge in [0.2, 0.25) is 0 Å². The molecule has 8 nitrogen and oxygen atoms in total. The number of nitrogens with zero attached hydrogens (tertiary/aromatic N) is 4. The lowest BCUT2D eigenvalue weighted by atomic mass is 10.1. The number of carbonyl (C=O) groups is 2. The molecular formula is C29H26N4O4S. The quantitative estimate of drug-likeness (QED) is 0.223. The van der Waals surface area contributed by atoms with Crippen LogP contribution in [0.5, 0.6) is 0 Å². The molecule has 0 spiro atoms. The van der Waals surface area contributed by atoms with Crippen molar-refractivity contribution in [2.24, 2.45) is 4.99 Å². The molecule has 2 amide bonds. The summed E-state index contributed by atoms with van der Waals surface area (Å²) in [5, 5.41) is 11.9. The number of amidine groups is 1. The van der Waals surface area contributed by atoms with Crippen molar-refractivity contribution in [1.82, 2.24) is 0 Å². The molecule has 3 aromatic rings. The first kappa shape index (κ1) is 25.4. The van der Waals surface area contributed by atoms with Gasteiger partial charge in [-0.05, 0) is 99.0 Å². The summed E-state index contributed by atoms with van der Waals surface area (Å²) in [4.78, 5) is 46.7. The third kappa shape index (κ3) is 4.18. The average Bonchev–Trinajstić information content (AvgIpc) is 3.34. The third-order valence-corrected chi connectivity index (χ3v) is 8.04. The van der Waals surface area contributed by atoms with E-state index in [4.69, 9.17) is 4.99 Å². The van der Waals surface area contributed by atoms with Crippen molar-refractivity contribution in [2.75, 3.05) is 16.3 Å². The molecule has 0 radical (unpaired) electrons. The van der Waals surface area contributed by atoms with Gasteiger partial charge in [-0.25, -0.2) is 4.99 Å². The molecule has 0 bridgehead atoms. The Hall–Kier alpha value is -4.24. The van der Waals surface area contributed by atoms with E-state index in [1.165, 1.54) is 21.9 Å². The minimum Gasteiger partial charge on any atom is -0.308 e. The van der Waals surface area contributed by atoms with E-state index >= 15 is 0 Å². The first-order valence-corrected chi connectivity index (χ1v) is 13.0. The Bertz CT molecular complexity index is 1610. The number of non-ortho nitro benzene ring substituents is 1. The Morgan fingerprint density at radius 3 is 2.18 bits per heavy atom. The van der Waals surface area contributed by atoms with Crippen molar-refractivity contribution >= 4 is 57.1 Å². The zero-order valence-corrected chi connectivity index (χ0v) is 22.5. The molecule has 2 aliphatic heterocycles. The van der Waals surface area contributed by atoms with Gasteiger partial charge in [-0.2, -0.15) is 0 Å². The summed E-state index contributed by atoms with van der Waals surface area (Å²) >= 11 is 1.12. The van der Waals surface area contributed by atoms with Gasteiger partial charge in [-0.3, -0.25) is 24.6 Å². The van der Waals surface area contributed by atoms with Crippen molar-refractivity contribution in [2.45, 2.75) is 34.6 Å². The molecule has 0 unspecified atom stereocenters. The Morgan fingerprint density at radius 1 is 0.868 bits per heavy atom. The molecule has 0 aliphatic carbocycles. The van der Waals surface area contributed by atoms with Crippen molar-refractivity contribution in [3.8, 4) is 0 Å². The van der Waals surface area contributed by atoms with Crippen LogP contribution in [0.2, 0.25) is 0 Å². The number of hydrogen-bond donors (Lipinski definition) is 0. The van der Waals surface area contributed by atoms with Crippen LogP contribution >= 0.6 is 11.8 Å². The maximum absolute atomic E-state index is 14.0. The van der Waals surface area contributed by atoms with Crippen LogP contribution in [0.4, 0.5) is 22.7 Å². The van der Waals surface area contributed by atoms with E-state index < -0.39 is 4.92 Å². The van der Waals surface area contributed by atoms with Gasteiger partial charge in [0.25, 0.3) is 17.5 Å². The van der Waals surface area contributed by atoms with Gasteiger partial charge in [0, 0.05) is 24.2 Å². The number of benzene rings is 3. The number of carbonyl (C=O) groups excluding carboxylic acids is 2. The van der Waals surface area contributed by atoms with Crippen LogP contribution in [0.25, 0.3) is 5.57 Å². The van der Waals surface area contributed by atoms with Gasteiger partial charge < -0.3 is 4.90 Å². The predicted molar refractivity (Wildman–Crippen MR) is 152 cm³/mol. The normalized spacial score (nSPS) is 18.1. The van der Waals surface area contributed by atoms with Gasteiger partial charge in [0.05, 0.1) is 32.5 Å². The van der Waals surface area contributed by atoms with Crippen molar-refractivity contribution in [3.63, 3.8) is 0 Å². The number of aliphatic imine (C=N–C) groups is 1. The van der Waals surface area contributed by atoms with Gasteiger partial charge in [0.1, 0.15) is 0 Å². The molecule has 192 valence electrons. The largest absolute Gasteiger partial charge is 0.308 e. The van der Waals surface area contributed by atoms with Gasteiger partial charge in [-0.1, -0.05) is 12.1 Å². The van der Waals surface area contributed by atoms with E-state index in [2.05, 4.69) is 0 Å². The standard InChI is InChI=1S/C29H26N4O4S/c1-6-31-24-12-11-22(33(36)37)15-23(24)25(27(31)34)26-28(35)32(21-10-8-17(3)19(5)14-21)29(38-26)30-20-9-7-16(2)18(4)13-20/h7-15H,6H2,1-5H3/b26-25+,30-29?. The summed E-state index contributed by atoms with van der Waals surface area (Å²) in [5.74, 6) is -0.745. The molecule has 2 aliphatic rings. The fraction of sp³-hybridized carbons (Fsp3) is 0.207. The molecule has 1 fully saturated rings.